The van der Waals surface area contributed by atoms with Gasteiger partial charge in [-0.25, -0.2) is 0 Å². The van der Waals surface area contributed by atoms with Crippen molar-refractivity contribution < 1.29 is 4.79 Å². The summed E-state index contributed by atoms with van der Waals surface area (Å²) < 4.78 is 0. The van der Waals surface area contributed by atoms with Crippen LogP contribution < -0.4 is 10.6 Å². The average Bonchev–Trinajstić information content (AvgIpc) is 2.76. The van der Waals surface area contributed by atoms with Gasteiger partial charge in [0.1, 0.15) is 0 Å². The summed E-state index contributed by atoms with van der Waals surface area (Å²) in [6.07, 6.45) is 0. The molecular weight excluding hydrogens is 224 g/mol. The Morgan fingerprint density at radius 3 is 2.78 bits per heavy atom. The second-order valence-electron chi connectivity index (χ2n) is 5.51. The largest absolute Gasteiger partial charge is 0.326 e. The number of nitrogens with one attached hydrogen (secondary N) is 2. The van der Waals surface area contributed by atoms with E-state index in [9.17, 15) is 4.79 Å². The van der Waals surface area contributed by atoms with Crippen molar-refractivity contribution in [3.05, 3.63) is 29.8 Å². The molecule has 1 aromatic rings. The predicted molar refractivity (Wildman–Crippen MR) is 74.7 cm³/mol. The van der Waals surface area contributed by atoms with Crippen LogP contribution in [0.15, 0.2) is 24.3 Å². The fourth-order valence-electron chi connectivity index (χ4n) is 2.37. The van der Waals surface area contributed by atoms with Gasteiger partial charge in [-0.05, 0) is 36.1 Å². The molecule has 3 heteroatoms. The van der Waals surface area contributed by atoms with E-state index in [-0.39, 0.29) is 11.8 Å². The number of hydrogen-bond acceptors (Lipinski definition) is 2. The number of hydrogen-bond donors (Lipinski definition) is 2. The zero-order chi connectivity index (χ0) is 13.1. The molecule has 0 bridgehead atoms. The highest BCUT2D eigenvalue weighted by Gasteiger charge is 2.29. The molecule has 0 aromatic heterocycles. The van der Waals surface area contributed by atoms with Crippen LogP contribution in [-0.2, 0) is 4.79 Å². The van der Waals surface area contributed by atoms with Gasteiger partial charge < -0.3 is 10.6 Å². The highest BCUT2D eigenvalue weighted by atomic mass is 16.1. The Labute approximate surface area is 109 Å². The molecule has 0 spiro atoms. The van der Waals surface area contributed by atoms with E-state index in [1.807, 2.05) is 12.1 Å². The van der Waals surface area contributed by atoms with Gasteiger partial charge in [0.05, 0.1) is 5.92 Å². The number of carbonyl (C=O) groups is 1. The maximum absolute atomic E-state index is 12.2. The highest BCUT2D eigenvalue weighted by Crippen LogP contribution is 2.21. The molecule has 98 valence electrons. The van der Waals surface area contributed by atoms with Crippen molar-refractivity contribution in [2.24, 2.45) is 11.8 Å². The van der Waals surface area contributed by atoms with Crippen molar-refractivity contribution in [2.45, 2.75) is 26.7 Å². The summed E-state index contributed by atoms with van der Waals surface area (Å²) in [5.41, 5.74) is 2.16. The van der Waals surface area contributed by atoms with Crippen LogP contribution in [-0.4, -0.2) is 19.0 Å². The van der Waals surface area contributed by atoms with Crippen LogP contribution in [0.2, 0.25) is 0 Å². The predicted octanol–water partition coefficient (Wildman–Crippen LogP) is 2.60. The SMILES string of the molecule is CC(C)c1cccc(NC(=O)C2CNCC2C)c1. The van der Waals surface area contributed by atoms with Gasteiger partial charge in [0.15, 0.2) is 0 Å². The van der Waals surface area contributed by atoms with Crippen molar-refractivity contribution in [3.8, 4) is 0 Å². The van der Waals surface area contributed by atoms with Gasteiger partial charge >= 0.3 is 0 Å². The van der Waals surface area contributed by atoms with Crippen LogP contribution in [0.3, 0.4) is 0 Å². The zero-order valence-corrected chi connectivity index (χ0v) is 11.4. The van der Waals surface area contributed by atoms with Crippen molar-refractivity contribution in [1.82, 2.24) is 5.32 Å². The first kappa shape index (κ1) is 13.1. The molecule has 1 aliphatic heterocycles. The molecule has 0 aliphatic carbocycles. The van der Waals surface area contributed by atoms with E-state index in [2.05, 4.69) is 43.5 Å². The maximum Gasteiger partial charge on any atom is 0.229 e. The molecule has 2 atom stereocenters. The summed E-state index contributed by atoms with van der Waals surface area (Å²) in [6.45, 7) is 8.16. The van der Waals surface area contributed by atoms with E-state index in [1.54, 1.807) is 0 Å². The lowest BCUT2D eigenvalue weighted by Gasteiger charge is -2.15. The lowest BCUT2D eigenvalue weighted by Crippen LogP contribution is -2.27. The van der Waals surface area contributed by atoms with Crippen LogP contribution in [0.5, 0.6) is 0 Å². The molecule has 1 aromatic carbocycles. The number of rotatable bonds is 3. The first-order chi connectivity index (χ1) is 8.58. The quantitative estimate of drug-likeness (QED) is 0.860. The Hall–Kier alpha value is -1.35. The maximum atomic E-state index is 12.2. The molecule has 2 N–H and O–H groups in total. The summed E-state index contributed by atoms with van der Waals surface area (Å²) in [7, 11) is 0. The third-order valence-corrected chi connectivity index (χ3v) is 3.68. The summed E-state index contributed by atoms with van der Waals surface area (Å²) in [6, 6.07) is 8.12. The number of amides is 1. The smallest absolute Gasteiger partial charge is 0.229 e. The zero-order valence-electron chi connectivity index (χ0n) is 11.4. The molecule has 0 radical (unpaired) electrons. The summed E-state index contributed by atoms with van der Waals surface area (Å²) in [4.78, 5) is 12.2. The van der Waals surface area contributed by atoms with Gasteiger partial charge in [-0.3, -0.25) is 4.79 Å². The van der Waals surface area contributed by atoms with Crippen LogP contribution in [0.1, 0.15) is 32.3 Å². The Morgan fingerprint density at radius 1 is 1.39 bits per heavy atom. The summed E-state index contributed by atoms with van der Waals surface area (Å²) >= 11 is 0. The van der Waals surface area contributed by atoms with Gasteiger partial charge in [-0.2, -0.15) is 0 Å². The first-order valence-corrected chi connectivity index (χ1v) is 6.69. The molecule has 1 amide bonds. The number of anilines is 1. The van der Waals surface area contributed by atoms with E-state index in [4.69, 9.17) is 0 Å². The van der Waals surface area contributed by atoms with Gasteiger partial charge in [0, 0.05) is 12.2 Å². The third kappa shape index (κ3) is 2.91. The third-order valence-electron chi connectivity index (χ3n) is 3.68. The second kappa shape index (κ2) is 5.53. The second-order valence-corrected chi connectivity index (χ2v) is 5.51. The monoisotopic (exact) mass is 246 g/mol. The molecule has 1 saturated heterocycles. The van der Waals surface area contributed by atoms with Crippen molar-refractivity contribution >= 4 is 11.6 Å². The van der Waals surface area contributed by atoms with E-state index in [1.165, 1.54) is 5.56 Å². The van der Waals surface area contributed by atoms with Crippen molar-refractivity contribution in [3.63, 3.8) is 0 Å². The Balaban J connectivity index is 2.04. The lowest BCUT2D eigenvalue weighted by atomic mass is 9.97. The number of carbonyl (C=O) groups excluding carboxylic acids is 1. The first-order valence-electron chi connectivity index (χ1n) is 6.69. The summed E-state index contributed by atoms with van der Waals surface area (Å²) in [5.74, 6) is 1.12. The van der Waals surface area contributed by atoms with Gasteiger partial charge in [0.25, 0.3) is 0 Å². The van der Waals surface area contributed by atoms with Gasteiger partial charge in [-0.15, -0.1) is 0 Å². The van der Waals surface area contributed by atoms with Gasteiger partial charge in [-0.1, -0.05) is 32.9 Å². The Bertz CT molecular complexity index is 428. The van der Waals surface area contributed by atoms with Crippen molar-refractivity contribution in [1.29, 1.82) is 0 Å². The molecule has 1 fully saturated rings. The number of benzene rings is 1. The van der Waals surface area contributed by atoms with Crippen LogP contribution in [0.4, 0.5) is 5.69 Å². The normalized spacial score (nSPS) is 23.3. The van der Waals surface area contributed by atoms with Gasteiger partial charge in [0.2, 0.25) is 5.91 Å². The van der Waals surface area contributed by atoms with Crippen LogP contribution in [0.25, 0.3) is 0 Å². The van der Waals surface area contributed by atoms with E-state index in [0.29, 0.717) is 11.8 Å². The molecule has 18 heavy (non-hydrogen) atoms. The minimum absolute atomic E-state index is 0.0905. The lowest BCUT2D eigenvalue weighted by molar-refractivity contribution is -0.120. The Kier molecular flexibility index (Phi) is 4.02. The van der Waals surface area contributed by atoms with Crippen molar-refractivity contribution in [2.75, 3.05) is 18.4 Å². The minimum atomic E-state index is 0.0905. The molecule has 1 heterocycles. The van der Waals surface area contributed by atoms with E-state index in [0.717, 1.165) is 18.8 Å². The minimum Gasteiger partial charge on any atom is -0.326 e. The highest BCUT2D eigenvalue weighted by molar-refractivity contribution is 5.93. The van der Waals surface area contributed by atoms with E-state index >= 15 is 0 Å². The van der Waals surface area contributed by atoms with Crippen LogP contribution in [0, 0.1) is 11.8 Å². The fourth-order valence-corrected chi connectivity index (χ4v) is 2.37. The average molecular weight is 246 g/mol. The van der Waals surface area contributed by atoms with Crippen LogP contribution >= 0.6 is 0 Å². The molecule has 1 aliphatic rings. The fraction of sp³-hybridized carbons (Fsp3) is 0.533. The molecular formula is C15H22N2O. The van der Waals surface area contributed by atoms with E-state index < -0.39 is 0 Å². The Morgan fingerprint density at radius 2 is 2.17 bits per heavy atom. The topological polar surface area (TPSA) is 41.1 Å². The molecule has 3 nitrogen and oxygen atoms in total. The molecule has 2 rings (SSSR count). The standard InChI is InChI=1S/C15H22N2O/c1-10(2)12-5-4-6-13(7-12)17-15(18)14-9-16-8-11(14)3/h4-7,10-11,14,16H,8-9H2,1-3H3,(H,17,18). The molecule has 0 saturated carbocycles. The summed E-state index contributed by atoms with van der Waals surface area (Å²) in [5, 5.41) is 6.29. The molecule has 2 unspecified atom stereocenters.